The molecule has 30 heavy (non-hydrogen) atoms. The molecule has 2 N–H and O–H groups in total. The molecular formula is C24H33NO5. The first-order valence-electron chi connectivity index (χ1n) is 11.1. The van der Waals surface area contributed by atoms with E-state index in [1.165, 1.54) is 31.4 Å². The predicted octanol–water partition coefficient (Wildman–Crippen LogP) is 4.08. The lowest BCUT2D eigenvalue weighted by molar-refractivity contribution is -0.144. The summed E-state index contributed by atoms with van der Waals surface area (Å²) in [5.41, 5.74) is 2.77. The van der Waals surface area contributed by atoms with Crippen molar-refractivity contribution in [3.8, 4) is 5.75 Å². The van der Waals surface area contributed by atoms with Gasteiger partial charge >= 0.3 is 11.9 Å². The maximum Gasteiger partial charge on any atom is 0.308 e. The molecule has 0 heterocycles. The van der Waals surface area contributed by atoms with Crippen LogP contribution in [0.3, 0.4) is 0 Å². The number of nitrogens with two attached hydrogens (primary N) is 1. The van der Waals surface area contributed by atoms with Crippen molar-refractivity contribution in [1.29, 1.82) is 0 Å². The maximum absolute atomic E-state index is 11.4. The quantitative estimate of drug-likeness (QED) is 0.443. The van der Waals surface area contributed by atoms with E-state index in [1.54, 1.807) is 0 Å². The number of ether oxygens (including phenoxy) is 2. The van der Waals surface area contributed by atoms with Gasteiger partial charge in [0.2, 0.25) is 0 Å². The number of fused-ring (bicyclic) bond motifs is 5. The van der Waals surface area contributed by atoms with Crippen molar-refractivity contribution in [1.82, 2.24) is 0 Å². The third-order valence-electron chi connectivity index (χ3n) is 8.13. The summed E-state index contributed by atoms with van der Waals surface area (Å²) in [5.74, 6) is 7.89. The predicted molar refractivity (Wildman–Crippen MR) is 112 cm³/mol. The molecule has 3 aliphatic carbocycles. The molecule has 3 aliphatic rings. The lowest BCUT2D eigenvalue weighted by Gasteiger charge is -2.52. The van der Waals surface area contributed by atoms with E-state index in [2.05, 4.69) is 13.0 Å². The van der Waals surface area contributed by atoms with Gasteiger partial charge in [-0.05, 0) is 84.5 Å². The Bertz CT molecular complexity index is 824. The number of hydrogen-bond acceptors (Lipinski definition) is 6. The molecule has 2 fully saturated rings. The number of carbonyl (C=O) groups excluding carboxylic acids is 2. The minimum atomic E-state index is -0.312. The van der Waals surface area contributed by atoms with Crippen LogP contribution < -0.4 is 10.6 Å². The minimum Gasteiger partial charge on any atom is -0.466 e. The highest BCUT2D eigenvalue weighted by molar-refractivity contribution is 5.69. The number of esters is 2. The fourth-order valence-corrected chi connectivity index (χ4v) is 6.81. The highest BCUT2D eigenvalue weighted by Crippen LogP contribution is 2.64. The Morgan fingerprint density at radius 2 is 1.90 bits per heavy atom. The summed E-state index contributed by atoms with van der Waals surface area (Å²) in [7, 11) is 0. The first-order valence-corrected chi connectivity index (χ1v) is 11.1. The van der Waals surface area contributed by atoms with Crippen LogP contribution in [0.4, 0.5) is 0 Å². The maximum atomic E-state index is 11.4. The summed E-state index contributed by atoms with van der Waals surface area (Å²) in [6, 6.07) is 6.05. The third kappa shape index (κ3) is 3.76. The van der Waals surface area contributed by atoms with Gasteiger partial charge in [0.1, 0.15) is 5.75 Å². The molecule has 0 spiro atoms. The lowest BCUT2D eigenvalue weighted by atomic mass is 9.53. The van der Waals surface area contributed by atoms with E-state index in [1.807, 2.05) is 12.1 Å². The molecule has 0 radical (unpaired) electrons. The van der Waals surface area contributed by atoms with Gasteiger partial charge in [-0.15, -0.1) is 0 Å². The first-order chi connectivity index (χ1) is 14.3. The number of rotatable bonds is 5. The van der Waals surface area contributed by atoms with Crippen LogP contribution >= 0.6 is 0 Å². The molecule has 0 amide bonds. The minimum absolute atomic E-state index is 0.189. The molecule has 6 heteroatoms. The summed E-state index contributed by atoms with van der Waals surface area (Å²) >= 11 is 0. The van der Waals surface area contributed by atoms with Gasteiger partial charge in [0.25, 0.3) is 0 Å². The molecule has 164 valence electrons. The number of carbonyl (C=O) groups is 2. The Balaban J connectivity index is 1.62. The zero-order valence-corrected chi connectivity index (χ0v) is 18.2. The van der Waals surface area contributed by atoms with Crippen LogP contribution in [0.25, 0.3) is 0 Å². The van der Waals surface area contributed by atoms with E-state index >= 15 is 0 Å². The topological polar surface area (TPSA) is 87.8 Å². The lowest BCUT2D eigenvalue weighted by Crippen LogP contribution is -2.44. The molecule has 0 saturated heterocycles. The third-order valence-corrected chi connectivity index (χ3v) is 8.13. The average Bonchev–Trinajstić information content (AvgIpc) is 3.03. The molecule has 6 nitrogen and oxygen atoms in total. The highest BCUT2D eigenvalue weighted by atomic mass is 16.6. The summed E-state index contributed by atoms with van der Waals surface area (Å²) in [6.45, 7) is 6.32. The summed E-state index contributed by atoms with van der Waals surface area (Å²) < 4.78 is 10.8. The van der Waals surface area contributed by atoms with Crippen molar-refractivity contribution in [2.75, 3.05) is 13.2 Å². The van der Waals surface area contributed by atoms with Crippen LogP contribution in [0, 0.1) is 23.2 Å². The second-order valence-electron chi connectivity index (χ2n) is 9.65. The Morgan fingerprint density at radius 1 is 1.10 bits per heavy atom. The zero-order chi connectivity index (χ0) is 21.5. The van der Waals surface area contributed by atoms with Crippen molar-refractivity contribution < 1.29 is 23.9 Å². The van der Waals surface area contributed by atoms with Crippen LogP contribution in [0.2, 0.25) is 0 Å². The highest BCUT2D eigenvalue weighted by Gasteiger charge is 2.55. The molecule has 2 saturated carbocycles. The second-order valence-corrected chi connectivity index (χ2v) is 9.65. The van der Waals surface area contributed by atoms with E-state index in [9.17, 15) is 9.59 Å². The van der Waals surface area contributed by atoms with Crippen molar-refractivity contribution in [3.05, 3.63) is 29.3 Å². The largest absolute Gasteiger partial charge is 0.466 e. The van der Waals surface area contributed by atoms with Crippen molar-refractivity contribution in [3.63, 3.8) is 0 Å². The summed E-state index contributed by atoms with van der Waals surface area (Å²) in [4.78, 5) is 27.9. The van der Waals surface area contributed by atoms with E-state index in [0.29, 0.717) is 42.6 Å². The van der Waals surface area contributed by atoms with E-state index < -0.39 is 0 Å². The van der Waals surface area contributed by atoms with Gasteiger partial charge in [0.05, 0.1) is 13.2 Å². The van der Waals surface area contributed by atoms with Crippen LogP contribution in [-0.4, -0.2) is 25.2 Å². The molecule has 0 aliphatic heterocycles. The van der Waals surface area contributed by atoms with Crippen LogP contribution in [0.15, 0.2) is 18.2 Å². The zero-order valence-electron chi connectivity index (χ0n) is 18.2. The number of hydrogen-bond donors (Lipinski definition) is 1. The van der Waals surface area contributed by atoms with E-state index in [-0.39, 0.29) is 23.3 Å². The van der Waals surface area contributed by atoms with Gasteiger partial charge in [-0.1, -0.05) is 13.0 Å². The SMILES string of the molecule is CC(=O)OCC1CC[C@H]2C3CC(CON)c4cc(OC(C)=O)ccc4[C@H]3CC[C@]12C. The Kier molecular flexibility index (Phi) is 5.90. The number of benzene rings is 1. The molecule has 1 aromatic carbocycles. The van der Waals surface area contributed by atoms with Crippen LogP contribution in [-0.2, 0) is 19.2 Å². The standard InChI is InChI=1S/C24H33NO5/c1-14(26)28-13-17-4-7-23-22-10-16(12-29-25)21-11-18(30-15(2)27)5-6-19(21)20(22)8-9-24(17,23)3/h5-6,11,16-17,20,22-23H,4,7-10,12-13,25H2,1-3H3/t16?,17?,20-,22?,23+,24-/m1/s1. The van der Waals surface area contributed by atoms with E-state index in [0.717, 1.165) is 25.7 Å². The van der Waals surface area contributed by atoms with Crippen LogP contribution in [0.1, 0.15) is 75.8 Å². The molecule has 4 rings (SSSR count). The van der Waals surface area contributed by atoms with Crippen molar-refractivity contribution >= 4 is 11.9 Å². The molecule has 0 aromatic heterocycles. The van der Waals surface area contributed by atoms with Gasteiger partial charge < -0.3 is 14.3 Å². The van der Waals surface area contributed by atoms with Gasteiger partial charge in [-0.25, -0.2) is 5.90 Å². The first kappa shape index (κ1) is 21.3. The molecule has 3 unspecified atom stereocenters. The van der Waals surface area contributed by atoms with Gasteiger partial charge in [0, 0.05) is 19.8 Å². The molecular weight excluding hydrogens is 382 g/mol. The van der Waals surface area contributed by atoms with Crippen molar-refractivity contribution in [2.24, 2.45) is 29.1 Å². The molecule has 1 aromatic rings. The van der Waals surface area contributed by atoms with E-state index in [4.69, 9.17) is 20.2 Å². The second kappa shape index (κ2) is 8.31. The van der Waals surface area contributed by atoms with Crippen molar-refractivity contribution in [2.45, 2.75) is 64.7 Å². The Hall–Kier alpha value is -1.92. The smallest absolute Gasteiger partial charge is 0.308 e. The monoisotopic (exact) mass is 415 g/mol. The molecule has 6 atom stereocenters. The summed E-state index contributed by atoms with van der Waals surface area (Å²) in [5, 5.41) is 0. The average molecular weight is 416 g/mol. The Labute approximate surface area is 178 Å². The normalized spacial score (nSPS) is 34.5. The van der Waals surface area contributed by atoms with Crippen LogP contribution in [0.5, 0.6) is 5.75 Å². The fourth-order valence-electron chi connectivity index (χ4n) is 6.81. The van der Waals surface area contributed by atoms with Gasteiger partial charge in [0.15, 0.2) is 0 Å². The summed E-state index contributed by atoms with van der Waals surface area (Å²) in [6.07, 6.45) is 5.60. The molecule has 0 bridgehead atoms. The Morgan fingerprint density at radius 3 is 2.60 bits per heavy atom. The van der Waals surface area contributed by atoms with Gasteiger partial charge in [-0.3, -0.25) is 9.59 Å². The fraction of sp³-hybridized carbons (Fsp3) is 0.667. The van der Waals surface area contributed by atoms with Gasteiger partial charge in [-0.2, -0.15) is 0 Å².